The van der Waals surface area contributed by atoms with Crippen LogP contribution in [-0.4, -0.2) is 27.7 Å². The Morgan fingerprint density at radius 1 is 0.895 bits per heavy atom. The van der Waals surface area contributed by atoms with Crippen LogP contribution in [0.25, 0.3) is 11.1 Å². The first-order valence-corrected chi connectivity index (χ1v) is 5.61. The van der Waals surface area contributed by atoms with Gasteiger partial charge >= 0.3 is 0 Å². The minimum atomic E-state index is -0.352. The van der Waals surface area contributed by atoms with Crippen LogP contribution in [0.5, 0.6) is 23.0 Å². The van der Waals surface area contributed by atoms with Gasteiger partial charge in [-0.05, 0) is 24.3 Å². The number of carbonyl (C=O) groups is 1. The maximum atomic E-state index is 11.9. The summed E-state index contributed by atoms with van der Waals surface area (Å²) in [6.45, 7) is -0.187. The largest absolute Gasteiger partial charge is 0.508 e. The number of benzene rings is 2. The number of hydrogen-bond acceptors (Lipinski definition) is 5. The Hall–Kier alpha value is -2.69. The van der Waals surface area contributed by atoms with Crippen LogP contribution in [-0.2, 0) is 0 Å². The summed E-state index contributed by atoms with van der Waals surface area (Å²) < 4.78 is 5.33. The number of hydrogen-bond donors (Lipinski definition) is 3. The quantitative estimate of drug-likeness (QED) is 0.629. The first kappa shape index (κ1) is 11.4. The molecule has 0 unspecified atom stereocenters. The molecule has 0 amide bonds. The molecule has 3 N–H and O–H groups in total. The fourth-order valence-electron chi connectivity index (χ4n) is 2.10. The average Bonchev–Trinajstić information content (AvgIpc) is 2.50. The van der Waals surface area contributed by atoms with E-state index in [1.54, 1.807) is 6.07 Å². The van der Waals surface area contributed by atoms with Crippen molar-refractivity contribution < 1.29 is 24.9 Å². The molecule has 5 heteroatoms. The van der Waals surface area contributed by atoms with Crippen molar-refractivity contribution in [3.8, 4) is 34.1 Å². The summed E-state index contributed by atoms with van der Waals surface area (Å²) in [4.78, 5) is 11.9. The van der Waals surface area contributed by atoms with Gasteiger partial charge in [0, 0.05) is 22.8 Å². The zero-order chi connectivity index (χ0) is 13.6. The Labute approximate surface area is 108 Å². The molecule has 0 fully saturated rings. The third-order valence-electron chi connectivity index (χ3n) is 3.03. The molecule has 0 atom stereocenters. The van der Waals surface area contributed by atoms with Gasteiger partial charge < -0.3 is 20.1 Å². The Kier molecular flexibility index (Phi) is 2.35. The van der Waals surface area contributed by atoms with Gasteiger partial charge in [0.1, 0.15) is 11.5 Å². The minimum absolute atomic E-state index is 0.0256. The van der Waals surface area contributed by atoms with Crippen molar-refractivity contribution >= 4 is 5.78 Å². The zero-order valence-electron chi connectivity index (χ0n) is 9.75. The van der Waals surface area contributed by atoms with Crippen molar-refractivity contribution in [1.82, 2.24) is 0 Å². The highest BCUT2D eigenvalue weighted by molar-refractivity contribution is 6.05. The SMILES string of the molecule is O=C1COc2cc(O)ccc2-c2cc(O)c(O)cc21. The molecule has 0 saturated carbocycles. The van der Waals surface area contributed by atoms with Gasteiger partial charge in [-0.1, -0.05) is 0 Å². The number of Topliss-reactive ketones (excluding diaryl/α,β-unsaturated/α-hetero) is 1. The summed E-state index contributed by atoms with van der Waals surface area (Å²) in [6, 6.07) is 7.00. The van der Waals surface area contributed by atoms with Gasteiger partial charge in [-0.2, -0.15) is 0 Å². The normalized spacial score (nSPS) is 13.2. The Balaban J connectivity index is 2.33. The second kappa shape index (κ2) is 3.91. The first-order valence-electron chi connectivity index (χ1n) is 5.61. The number of rotatable bonds is 0. The van der Waals surface area contributed by atoms with E-state index in [0.29, 0.717) is 16.9 Å². The van der Waals surface area contributed by atoms with Crippen molar-refractivity contribution in [3.63, 3.8) is 0 Å². The van der Waals surface area contributed by atoms with Crippen molar-refractivity contribution in [2.45, 2.75) is 0 Å². The predicted octanol–water partition coefficient (Wildman–Crippen LogP) is 2.05. The van der Waals surface area contributed by atoms with Crippen molar-refractivity contribution in [2.75, 3.05) is 6.61 Å². The van der Waals surface area contributed by atoms with Crippen LogP contribution in [0.4, 0.5) is 0 Å². The molecule has 1 heterocycles. The average molecular weight is 258 g/mol. The fourth-order valence-corrected chi connectivity index (χ4v) is 2.10. The lowest BCUT2D eigenvalue weighted by Gasteiger charge is -2.09. The van der Waals surface area contributed by atoms with Gasteiger partial charge in [0.2, 0.25) is 5.78 Å². The van der Waals surface area contributed by atoms with Crippen LogP contribution in [0.1, 0.15) is 10.4 Å². The lowest BCUT2D eigenvalue weighted by molar-refractivity contribution is 0.0925. The lowest BCUT2D eigenvalue weighted by Crippen LogP contribution is -2.09. The van der Waals surface area contributed by atoms with Crippen LogP contribution in [0.3, 0.4) is 0 Å². The molecule has 0 saturated heterocycles. The minimum Gasteiger partial charge on any atom is -0.508 e. The number of phenols is 3. The standard InChI is InChI=1S/C14H10O5/c15-7-1-2-8-9-4-11(16)12(17)5-10(9)13(18)6-19-14(8)3-7/h1-5,15-17H,6H2. The Morgan fingerprint density at radius 2 is 1.58 bits per heavy atom. The highest BCUT2D eigenvalue weighted by atomic mass is 16.5. The fraction of sp³-hybridized carbons (Fsp3) is 0.0714. The topological polar surface area (TPSA) is 87.0 Å². The second-order valence-electron chi connectivity index (χ2n) is 4.28. The molecule has 96 valence electrons. The van der Waals surface area contributed by atoms with Crippen LogP contribution in [0.15, 0.2) is 30.3 Å². The van der Waals surface area contributed by atoms with Gasteiger partial charge in [-0.15, -0.1) is 0 Å². The predicted molar refractivity (Wildman–Crippen MR) is 66.7 cm³/mol. The molecule has 0 aliphatic carbocycles. The van der Waals surface area contributed by atoms with Gasteiger partial charge in [-0.3, -0.25) is 4.79 Å². The molecule has 0 bridgehead atoms. The van der Waals surface area contributed by atoms with Gasteiger partial charge in [0.15, 0.2) is 18.1 Å². The summed E-state index contributed by atoms with van der Waals surface area (Å²) in [7, 11) is 0. The van der Waals surface area contributed by atoms with Crippen LogP contribution >= 0.6 is 0 Å². The molecular weight excluding hydrogens is 248 g/mol. The van der Waals surface area contributed by atoms with E-state index >= 15 is 0 Å². The summed E-state index contributed by atoms with van der Waals surface area (Å²) >= 11 is 0. The summed E-state index contributed by atoms with van der Waals surface area (Å²) in [5, 5.41) is 28.5. The molecule has 3 rings (SSSR count). The molecule has 2 aromatic rings. The lowest BCUT2D eigenvalue weighted by atomic mass is 9.96. The van der Waals surface area contributed by atoms with E-state index in [1.165, 1.54) is 24.3 Å². The Bertz CT molecular complexity index is 690. The highest BCUT2D eigenvalue weighted by Crippen LogP contribution is 2.41. The number of ketones is 1. The van der Waals surface area contributed by atoms with E-state index < -0.39 is 0 Å². The molecular formula is C14H10O5. The van der Waals surface area contributed by atoms with Crippen molar-refractivity contribution in [2.24, 2.45) is 0 Å². The summed E-state index contributed by atoms with van der Waals surface area (Å²) in [5.74, 6) is -0.586. The van der Waals surface area contributed by atoms with E-state index in [9.17, 15) is 20.1 Å². The molecule has 0 radical (unpaired) electrons. The van der Waals surface area contributed by atoms with Gasteiger partial charge in [0.25, 0.3) is 0 Å². The van der Waals surface area contributed by atoms with Crippen LogP contribution < -0.4 is 4.74 Å². The molecule has 19 heavy (non-hydrogen) atoms. The number of phenolic OH excluding ortho intramolecular Hbond substituents is 3. The maximum Gasteiger partial charge on any atom is 0.200 e. The molecule has 0 spiro atoms. The van der Waals surface area contributed by atoms with Crippen LogP contribution in [0.2, 0.25) is 0 Å². The van der Waals surface area contributed by atoms with E-state index in [2.05, 4.69) is 0 Å². The van der Waals surface area contributed by atoms with E-state index in [1.807, 2.05) is 0 Å². The van der Waals surface area contributed by atoms with E-state index in [-0.39, 0.29) is 35.2 Å². The number of fused-ring (bicyclic) bond motifs is 3. The third-order valence-corrected chi connectivity index (χ3v) is 3.03. The Morgan fingerprint density at radius 3 is 2.32 bits per heavy atom. The molecule has 0 aromatic heterocycles. The first-order chi connectivity index (χ1) is 9.06. The van der Waals surface area contributed by atoms with Crippen molar-refractivity contribution in [1.29, 1.82) is 0 Å². The molecule has 1 aliphatic heterocycles. The maximum absolute atomic E-state index is 11.9. The van der Waals surface area contributed by atoms with E-state index in [4.69, 9.17) is 4.74 Å². The second-order valence-corrected chi connectivity index (χ2v) is 4.28. The van der Waals surface area contributed by atoms with E-state index in [0.717, 1.165) is 0 Å². The molecule has 2 aromatic carbocycles. The number of aromatic hydroxyl groups is 3. The summed E-state index contributed by atoms with van der Waals surface area (Å²) in [5.41, 5.74) is 1.32. The monoisotopic (exact) mass is 258 g/mol. The van der Waals surface area contributed by atoms with Gasteiger partial charge in [0.05, 0.1) is 0 Å². The van der Waals surface area contributed by atoms with Crippen molar-refractivity contribution in [3.05, 3.63) is 35.9 Å². The number of ether oxygens (including phenoxy) is 1. The molecule has 5 nitrogen and oxygen atoms in total. The zero-order valence-corrected chi connectivity index (χ0v) is 9.75. The summed E-state index contributed by atoms with van der Waals surface area (Å²) in [6.07, 6.45) is 0. The third kappa shape index (κ3) is 1.76. The van der Waals surface area contributed by atoms with Crippen LogP contribution in [0, 0.1) is 0 Å². The van der Waals surface area contributed by atoms with Gasteiger partial charge in [-0.25, -0.2) is 0 Å². The molecule has 1 aliphatic rings. The smallest absolute Gasteiger partial charge is 0.200 e. The number of carbonyl (C=O) groups excluding carboxylic acids is 1. The highest BCUT2D eigenvalue weighted by Gasteiger charge is 2.23.